The van der Waals surface area contributed by atoms with Gasteiger partial charge in [0.25, 0.3) is 0 Å². The van der Waals surface area contributed by atoms with Crippen LogP contribution in [0.25, 0.3) is 0 Å². The van der Waals surface area contributed by atoms with E-state index < -0.39 is 12.0 Å². The van der Waals surface area contributed by atoms with Gasteiger partial charge < -0.3 is 5.11 Å². The van der Waals surface area contributed by atoms with Crippen LogP contribution in [0.3, 0.4) is 0 Å². The highest BCUT2D eigenvalue weighted by atomic mass is 16.4. The fraction of sp³-hybridized carbons (Fsp3) is 0.727. The van der Waals surface area contributed by atoms with E-state index in [9.17, 15) is 9.59 Å². The molecule has 0 aromatic carbocycles. The predicted molar refractivity (Wildman–Crippen MR) is 58.8 cm³/mol. The van der Waals surface area contributed by atoms with E-state index in [2.05, 4.69) is 5.10 Å². The molecule has 0 bridgehead atoms. The van der Waals surface area contributed by atoms with Gasteiger partial charge in [0.15, 0.2) is 0 Å². The van der Waals surface area contributed by atoms with E-state index in [-0.39, 0.29) is 5.69 Å². The molecule has 6 nitrogen and oxygen atoms in total. The molecule has 1 aliphatic carbocycles. The molecule has 3 rings (SSSR count). The largest absolute Gasteiger partial charge is 0.480 e. The molecule has 1 atom stereocenters. The monoisotopic (exact) mass is 237 g/mol. The maximum Gasteiger partial charge on any atom is 0.346 e. The van der Waals surface area contributed by atoms with Crippen LogP contribution in [-0.4, -0.2) is 25.4 Å². The van der Waals surface area contributed by atoms with Crippen molar-refractivity contribution in [3.8, 4) is 0 Å². The molecule has 0 spiro atoms. The zero-order valence-corrected chi connectivity index (χ0v) is 9.50. The van der Waals surface area contributed by atoms with Gasteiger partial charge in [0.05, 0.1) is 0 Å². The first kappa shape index (κ1) is 10.6. The molecule has 1 saturated carbocycles. The zero-order chi connectivity index (χ0) is 12.0. The first-order chi connectivity index (χ1) is 8.16. The first-order valence-corrected chi connectivity index (χ1v) is 6.08. The van der Waals surface area contributed by atoms with Gasteiger partial charge in [-0.15, -0.1) is 0 Å². The van der Waals surface area contributed by atoms with Crippen molar-refractivity contribution in [3.05, 3.63) is 16.3 Å². The topological polar surface area (TPSA) is 77.1 Å². The van der Waals surface area contributed by atoms with Gasteiger partial charge in [0, 0.05) is 13.0 Å². The molecule has 0 saturated heterocycles. The third-order valence-corrected chi connectivity index (χ3v) is 3.54. The van der Waals surface area contributed by atoms with Crippen LogP contribution < -0.4 is 5.69 Å². The van der Waals surface area contributed by atoms with Gasteiger partial charge >= 0.3 is 11.7 Å². The lowest BCUT2D eigenvalue weighted by molar-refractivity contribution is -0.141. The Labute approximate surface area is 97.9 Å². The molecular weight excluding hydrogens is 222 g/mol. The molecule has 1 N–H and O–H groups in total. The van der Waals surface area contributed by atoms with Gasteiger partial charge in [-0.3, -0.25) is 4.57 Å². The number of aliphatic carboxylic acids is 1. The van der Waals surface area contributed by atoms with Gasteiger partial charge in [-0.1, -0.05) is 0 Å². The Kier molecular flexibility index (Phi) is 2.31. The second-order valence-electron chi connectivity index (χ2n) is 4.94. The number of aryl methyl sites for hydroxylation is 1. The van der Waals surface area contributed by atoms with Crippen molar-refractivity contribution in [2.24, 2.45) is 5.92 Å². The molecule has 0 radical (unpaired) electrons. The van der Waals surface area contributed by atoms with Gasteiger partial charge in [0.1, 0.15) is 11.9 Å². The van der Waals surface area contributed by atoms with Crippen molar-refractivity contribution in [2.75, 3.05) is 0 Å². The van der Waals surface area contributed by atoms with Crippen LogP contribution in [0.2, 0.25) is 0 Å². The second kappa shape index (κ2) is 3.72. The number of aromatic nitrogens is 3. The average Bonchev–Trinajstić information content (AvgIpc) is 3.05. The Balaban J connectivity index is 2.00. The van der Waals surface area contributed by atoms with Crippen LogP contribution in [0.5, 0.6) is 0 Å². The molecular formula is C11H15N3O3. The summed E-state index contributed by atoms with van der Waals surface area (Å²) in [5.74, 6) is 0.265. The fourth-order valence-electron chi connectivity index (χ4n) is 2.43. The molecule has 2 aliphatic rings. The Morgan fingerprint density at radius 2 is 2.18 bits per heavy atom. The van der Waals surface area contributed by atoms with E-state index >= 15 is 0 Å². The zero-order valence-electron chi connectivity index (χ0n) is 9.50. The summed E-state index contributed by atoms with van der Waals surface area (Å²) < 4.78 is 2.82. The van der Waals surface area contributed by atoms with Gasteiger partial charge in [0.2, 0.25) is 0 Å². The number of fused-ring (bicyclic) bond motifs is 1. The van der Waals surface area contributed by atoms with E-state index in [1.807, 2.05) is 0 Å². The molecule has 17 heavy (non-hydrogen) atoms. The number of hydrogen-bond acceptors (Lipinski definition) is 3. The minimum absolute atomic E-state index is 0.251. The lowest BCUT2D eigenvalue weighted by Crippen LogP contribution is -2.34. The van der Waals surface area contributed by atoms with Crippen LogP contribution in [0, 0.1) is 5.92 Å². The molecule has 92 valence electrons. The minimum Gasteiger partial charge on any atom is -0.480 e. The second-order valence-corrected chi connectivity index (χ2v) is 4.94. The average molecular weight is 237 g/mol. The number of nitrogens with zero attached hydrogens (tertiary/aromatic N) is 3. The van der Waals surface area contributed by atoms with Crippen LogP contribution in [0.1, 0.15) is 37.5 Å². The Morgan fingerprint density at radius 3 is 2.82 bits per heavy atom. The van der Waals surface area contributed by atoms with E-state index in [0.29, 0.717) is 31.1 Å². The molecule has 0 amide bonds. The smallest absolute Gasteiger partial charge is 0.346 e. The van der Waals surface area contributed by atoms with Gasteiger partial charge in [-0.2, -0.15) is 5.10 Å². The van der Waals surface area contributed by atoms with Crippen molar-refractivity contribution < 1.29 is 9.90 Å². The van der Waals surface area contributed by atoms with Gasteiger partial charge in [-0.25, -0.2) is 14.3 Å². The summed E-state index contributed by atoms with van der Waals surface area (Å²) in [7, 11) is 0. The van der Waals surface area contributed by atoms with Gasteiger partial charge in [-0.05, 0) is 31.6 Å². The van der Waals surface area contributed by atoms with Crippen molar-refractivity contribution in [1.82, 2.24) is 14.3 Å². The van der Waals surface area contributed by atoms with Crippen LogP contribution >= 0.6 is 0 Å². The van der Waals surface area contributed by atoms with Crippen LogP contribution in [0.15, 0.2) is 4.79 Å². The SMILES string of the molecule is O=C(O)C1CCCc2nn(CC3CC3)c(=O)n21. The molecule has 1 aromatic rings. The maximum atomic E-state index is 12.1. The van der Waals surface area contributed by atoms with E-state index in [0.717, 1.165) is 19.3 Å². The van der Waals surface area contributed by atoms with Crippen LogP contribution in [0.4, 0.5) is 0 Å². The molecule has 1 fully saturated rings. The standard InChI is InChI=1S/C11H15N3O3/c15-10(16)8-2-1-3-9-12-13(6-7-4-5-7)11(17)14(8)9/h7-8H,1-6H2,(H,15,16). The van der Waals surface area contributed by atoms with Crippen molar-refractivity contribution in [2.45, 2.75) is 44.7 Å². The van der Waals surface area contributed by atoms with Crippen molar-refractivity contribution >= 4 is 5.97 Å². The Bertz CT molecular complexity index is 513. The highest BCUT2D eigenvalue weighted by Gasteiger charge is 2.31. The van der Waals surface area contributed by atoms with E-state index in [4.69, 9.17) is 5.11 Å². The summed E-state index contributed by atoms with van der Waals surface area (Å²) in [5, 5.41) is 13.4. The molecule has 1 aliphatic heterocycles. The summed E-state index contributed by atoms with van der Waals surface area (Å²) in [6.07, 6.45) is 4.32. The summed E-state index contributed by atoms with van der Waals surface area (Å²) >= 11 is 0. The summed E-state index contributed by atoms with van der Waals surface area (Å²) in [4.78, 5) is 23.2. The fourth-order valence-corrected chi connectivity index (χ4v) is 2.43. The molecule has 6 heteroatoms. The highest BCUT2D eigenvalue weighted by Crippen LogP contribution is 2.30. The minimum atomic E-state index is -0.931. The number of hydrogen-bond donors (Lipinski definition) is 1. The summed E-state index contributed by atoms with van der Waals surface area (Å²) in [6.45, 7) is 0.644. The van der Waals surface area contributed by atoms with Crippen LogP contribution in [-0.2, 0) is 17.8 Å². The van der Waals surface area contributed by atoms with E-state index in [1.54, 1.807) is 0 Å². The highest BCUT2D eigenvalue weighted by molar-refractivity contribution is 5.72. The lowest BCUT2D eigenvalue weighted by atomic mass is 10.1. The Hall–Kier alpha value is -1.59. The molecule has 1 aromatic heterocycles. The third-order valence-electron chi connectivity index (χ3n) is 3.54. The number of carboxylic acid groups (broad SMARTS) is 1. The number of carboxylic acids is 1. The van der Waals surface area contributed by atoms with Crippen molar-refractivity contribution in [3.63, 3.8) is 0 Å². The third kappa shape index (κ3) is 1.77. The first-order valence-electron chi connectivity index (χ1n) is 6.08. The number of carbonyl (C=O) groups is 1. The number of rotatable bonds is 3. The summed E-state index contributed by atoms with van der Waals surface area (Å²) in [5.41, 5.74) is -0.251. The molecule has 1 unspecified atom stereocenters. The normalized spacial score (nSPS) is 23.4. The summed E-state index contributed by atoms with van der Waals surface area (Å²) in [6, 6.07) is -0.723. The molecule has 2 heterocycles. The van der Waals surface area contributed by atoms with E-state index in [1.165, 1.54) is 9.25 Å². The Morgan fingerprint density at radius 1 is 1.41 bits per heavy atom. The predicted octanol–water partition coefficient (Wildman–Crippen LogP) is 0.417. The van der Waals surface area contributed by atoms with Crippen molar-refractivity contribution in [1.29, 1.82) is 0 Å². The quantitative estimate of drug-likeness (QED) is 0.826. The maximum absolute atomic E-state index is 12.1. The lowest BCUT2D eigenvalue weighted by Gasteiger charge is -2.19.